The summed E-state index contributed by atoms with van der Waals surface area (Å²) in [5.41, 5.74) is 0.464. The van der Waals surface area contributed by atoms with Gasteiger partial charge in [0.15, 0.2) is 0 Å². The third-order valence-electron chi connectivity index (χ3n) is 4.70. The molecule has 126 valence electrons. The molecule has 0 aliphatic carbocycles. The van der Waals surface area contributed by atoms with E-state index >= 15 is 0 Å². The fourth-order valence-electron chi connectivity index (χ4n) is 3.55. The molecule has 2 aliphatic rings. The van der Waals surface area contributed by atoms with Gasteiger partial charge in [-0.1, -0.05) is 6.07 Å². The van der Waals surface area contributed by atoms with Crippen molar-refractivity contribution in [3.05, 3.63) is 29.6 Å². The summed E-state index contributed by atoms with van der Waals surface area (Å²) in [6.07, 6.45) is 0.505. The molecule has 0 N–H and O–H groups in total. The van der Waals surface area contributed by atoms with Gasteiger partial charge in [0.1, 0.15) is 11.6 Å². The molecule has 1 amide bonds. The van der Waals surface area contributed by atoms with Crippen LogP contribution in [-0.2, 0) is 16.1 Å². The molecule has 2 saturated heterocycles. The van der Waals surface area contributed by atoms with Crippen molar-refractivity contribution in [1.82, 2.24) is 9.80 Å². The Morgan fingerprint density at radius 3 is 2.87 bits per heavy atom. The van der Waals surface area contributed by atoms with Crippen LogP contribution < -0.4 is 4.74 Å². The van der Waals surface area contributed by atoms with Crippen LogP contribution in [0.4, 0.5) is 4.39 Å². The van der Waals surface area contributed by atoms with E-state index in [1.165, 1.54) is 13.2 Å². The normalized spacial score (nSPS) is 25.9. The first-order valence-electron chi connectivity index (χ1n) is 7.88. The summed E-state index contributed by atoms with van der Waals surface area (Å²) < 4.78 is 25.0. The van der Waals surface area contributed by atoms with Gasteiger partial charge in [0, 0.05) is 56.7 Å². The van der Waals surface area contributed by atoms with Crippen LogP contribution in [0.15, 0.2) is 18.2 Å². The Morgan fingerprint density at radius 2 is 2.22 bits per heavy atom. The predicted octanol–water partition coefficient (Wildman–Crippen LogP) is 1.51. The molecule has 0 saturated carbocycles. The molecule has 1 atom stereocenters. The van der Waals surface area contributed by atoms with Gasteiger partial charge < -0.3 is 14.4 Å². The summed E-state index contributed by atoms with van der Waals surface area (Å²) in [5.74, 6) is 0.416. The zero-order valence-corrected chi connectivity index (χ0v) is 13.7. The van der Waals surface area contributed by atoms with Gasteiger partial charge in [-0.25, -0.2) is 4.39 Å². The molecule has 2 heterocycles. The van der Waals surface area contributed by atoms with Gasteiger partial charge >= 0.3 is 0 Å². The van der Waals surface area contributed by atoms with Gasteiger partial charge in [-0.15, -0.1) is 0 Å². The van der Waals surface area contributed by atoms with Crippen LogP contribution >= 0.6 is 0 Å². The van der Waals surface area contributed by atoms with E-state index in [2.05, 4.69) is 4.90 Å². The van der Waals surface area contributed by atoms with Crippen molar-refractivity contribution in [3.8, 4) is 5.75 Å². The maximum atomic E-state index is 14.2. The van der Waals surface area contributed by atoms with Crippen LogP contribution in [0.5, 0.6) is 5.75 Å². The van der Waals surface area contributed by atoms with E-state index in [1.807, 2.05) is 7.05 Å². The van der Waals surface area contributed by atoms with Crippen LogP contribution in [0.1, 0.15) is 12.0 Å². The summed E-state index contributed by atoms with van der Waals surface area (Å²) >= 11 is 0. The van der Waals surface area contributed by atoms with Gasteiger partial charge in [-0.2, -0.15) is 0 Å². The van der Waals surface area contributed by atoms with E-state index in [9.17, 15) is 9.18 Å². The Hall–Kier alpha value is -1.66. The monoisotopic (exact) mass is 322 g/mol. The van der Waals surface area contributed by atoms with Crippen molar-refractivity contribution in [2.45, 2.75) is 13.0 Å². The third kappa shape index (κ3) is 3.48. The van der Waals surface area contributed by atoms with Gasteiger partial charge in [0.05, 0.1) is 20.3 Å². The molecule has 0 aromatic heterocycles. The van der Waals surface area contributed by atoms with E-state index in [4.69, 9.17) is 9.47 Å². The molecule has 1 aromatic rings. The van der Waals surface area contributed by atoms with Crippen LogP contribution in [-0.4, -0.2) is 62.7 Å². The fraction of sp³-hybridized carbons (Fsp3) is 0.588. The van der Waals surface area contributed by atoms with Gasteiger partial charge in [-0.05, 0) is 6.07 Å². The van der Waals surface area contributed by atoms with Crippen LogP contribution in [0, 0.1) is 11.2 Å². The predicted molar refractivity (Wildman–Crippen MR) is 83.7 cm³/mol. The lowest BCUT2D eigenvalue weighted by molar-refractivity contribution is -0.126. The topological polar surface area (TPSA) is 42.0 Å². The first-order valence-corrected chi connectivity index (χ1v) is 7.88. The van der Waals surface area contributed by atoms with Gasteiger partial charge in [0.2, 0.25) is 5.91 Å². The Bertz CT molecular complexity index is 595. The van der Waals surface area contributed by atoms with E-state index in [0.29, 0.717) is 44.0 Å². The molecule has 1 spiro atoms. The fourth-order valence-corrected chi connectivity index (χ4v) is 3.55. The molecular weight excluding hydrogens is 299 g/mol. The molecule has 0 bridgehead atoms. The van der Waals surface area contributed by atoms with Crippen molar-refractivity contribution in [2.24, 2.45) is 5.41 Å². The Labute approximate surface area is 136 Å². The number of carbonyl (C=O) groups excluding carboxylic acids is 1. The summed E-state index contributed by atoms with van der Waals surface area (Å²) in [6, 6.07) is 4.94. The average molecular weight is 322 g/mol. The highest BCUT2D eigenvalue weighted by Gasteiger charge is 2.44. The Kier molecular flexibility index (Phi) is 4.55. The highest BCUT2D eigenvalue weighted by atomic mass is 19.1. The molecule has 0 radical (unpaired) electrons. The van der Waals surface area contributed by atoms with Crippen LogP contribution in [0.25, 0.3) is 0 Å². The molecule has 3 rings (SSSR count). The number of ether oxygens (including phenoxy) is 2. The van der Waals surface area contributed by atoms with E-state index < -0.39 is 0 Å². The minimum atomic E-state index is -0.261. The quantitative estimate of drug-likeness (QED) is 0.846. The zero-order chi connectivity index (χ0) is 16.4. The number of hydrogen-bond donors (Lipinski definition) is 0. The molecule has 5 nitrogen and oxygen atoms in total. The SMILES string of the molecule is COc1ccc(CN2CCOC[C@@]3(CC(=O)N(C)C3)C2)c(F)c1. The first-order chi connectivity index (χ1) is 11.0. The van der Waals surface area contributed by atoms with E-state index in [0.717, 1.165) is 13.1 Å². The lowest BCUT2D eigenvalue weighted by Gasteiger charge is -2.31. The maximum absolute atomic E-state index is 14.2. The lowest BCUT2D eigenvalue weighted by atomic mass is 9.87. The number of rotatable bonds is 3. The number of amides is 1. The summed E-state index contributed by atoms with van der Waals surface area (Å²) in [7, 11) is 3.35. The van der Waals surface area contributed by atoms with Crippen molar-refractivity contribution >= 4 is 5.91 Å². The van der Waals surface area contributed by atoms with Crippen molar-refractivity contribution < 1.29 is 18.7 Å². The smallest absolute Gasteiger partial charge is 0.223 e. The highest BCUT2D eigenvalue weighted by molar-refractivity contribution is 5.79. The standard InChI is InChI=1S/C17H23FN2O3/c1-19-10-17(8-16(19)21)11-20(5-6-23-12-17)9-13-3-4-14(22-2)7-15(13)18/h3-4,7H,5-6,8-12H2,1-2H3/t17-/m1/s1. The summed E-state index contributed by atoms with van der Waals surface area (Å²) in [6.45, 7) is 3.90. The minimum Gasteiger partial charge on any atom is -0.497 e. The maximum Gasteiger partial charge on any atom is 0.223 e. The molecule has 23 heavy (non-hydrogen) atoms. The molecule has 1 aromatic carbocycles. The molecule has 2 aliphatic heterocycles. The highest BCUT2D eigenvalue weighted by Crippen LogP contribution is 2.34. The first kappa shape index (κ1) is 16.2. The Balaban J connectivity index is 1.73. The minimum absolute atomic E-state index is 0.158. The number of likely N-dealkylation sites (tertiary alicyclic amines) is 1. The lowest BCUT2D eigenvalue weighted by Crippen LogP contribution is -2.40. The van der Waals surface area contributed by atoms with Gasteiger partial charge in [0.25, 0.3) is 0 Å². The zero-order valence-electron chi connectivity index (χ0n) is 13.7. The van der Waals surface area contributed by atoms with Crippen molar-refractivity contribution in [2.75, 3.05) is 47.0 Å². The van der Waals surface area contributed by atoms with Crippen LogP contribution in [0.3, 0.4) is 0 Å². The largest absolute Gasteiger partial charge is 0.497 e. The number of carbonyl (C=O) groups is 1. The van der Waals surface area contributed by atoms with E-state index in [1.54, 1.807) is 17.0 Å². The number of nitrogens with zero attached hydrogens (tertiary/aromatic N) is 2. The van der Waals surface area contributed by atoms with Crippen molar-refractivity contribution in [1.29, 1.82) is 0 Å². The average Bonchev–Trinajstić information content (AvgIpc) is 2.68. The molecule has 2 fully saturated rings. The second-order valence-electron chi connectivity index (χ2n) is 6.65. The van der Waals surface area contributed by atoms with Gasteiger partial charge in [-0.3, -0.25) is 9.69 Å². The number of halogens is 1. The molecular formula is C17H23FN2O3. The summed E-state index contributed by atoms with van der Waals surface area (Å²) in [4.78, 5) is 15.9. The van der Waals surface area contributed by atoms with Crippen molar-refractivity contribution in [3.63, 3.8) is 0 Å². The second kappa shape index (κ2) is 6.45. The number of hydrogen-bond acceptors (Lipinski definition) is 4. The Morgan fingerprint density at radius 1 is 1.39 bits per heavy atom. The number of methoxy groups -OCH3 is 1. The molecule has 6 heteroatoms. The number of benzene rings is 1. The second-order valence-corrected chi connectivity index (χ2v) is 6.65. The van der Waals surface area contributed by atoms with E-state index in [-0.39, 0.29) is 17.1 Å². The summed E-state index contributed by atoms with van der Waals surface area (Å²) in [5, 5.41) is 0. The third-order valence-corrected chi connectivity index (χ3v) is 4.70. The van der Waals surface area contributed by atoms with Crippen LogP contribution in [0.2, 0.25) is 0 Å². The molecule has 0 unspecified atom stereocenters.